The van der Waals surface area contributed by atoms with Crippen molar-refractivity contribution in [3.05, 3.63) is 46.0 Å². The predicted octanol–water partition coefficient (Wildman–Crippen LogP) is 4.16. The molecule has 1 aromatic rings. The van der Waals surface area contributed by atoms with Crippen LogP contribution in [0.5, 0.6) is 0 Å². The van der Waals surface area contributed by atoms with Crippen molar-refractivity contribution in [2.24, 2.45) is 0 Å². The second-order valence-electron chi connectivity index (χ2n) is 3.85. The van der Waals surface area contributed by atoms with E-state index >= 15 is 0 Å². The average molecular weight is 248 g/mol. The van der Waals surface area contributed by atoms with E-state index < -0.39 is 0 Å². The summed E-state index contributed by atoms with van der Waals surface area (Å²) in [5.74, 6) is -0.227. The van der Waals surface area contributed by atoms with E-state index in [9.17, 15) is 4.79 Å². The van der Waals surface area contributed by atoms with Gasteiger partial charge in [-0.05, 0) is 37.6 Å². The van der Waals surface area contributed by atoms with E-state index in [0.29, 0.717) is 10.6 Å². The highest BCUT2D eigenvalue weighted by Crippen LogP contribution is 2.17. The van der Waals surface area contributed by atoms with Gasteiger partial charge in [0.1, 0.15) is 6.07 Å². The van der Waals surface area contributed by atoms with Crippen LogP contribution in [0.4, 0.5) is 0 Å². The monoisotopic (exact) mass is 247 g/mol. The molecule has 0 saturated carbocycles. The molecule has 0 N–H and O–H groups in total. The van der Waals surface area contributed by atoms with Gasteiger partial charge in [0.15, 0.2) is 0 Å². The van der Waals surface area contributed by atoms with E-state index in [-0.39, 0.29) is 11.4 Å². The average Bonchev–Trinajstić information content (AvgIpc) is 2.31. The summed E-state index contributed by atoms with van der Waals surface area (Å²) in [6.07, 6.45) is 1.69. The van der Waals surface area contributed by atoms with E-state index in [2.05, 4.69) is 0 Å². The molecule has 17 heavy (non-hydrogen) atoms. The predicted molar refractivity (Wildman–Crippen MR) is 69.0 cm³/mol. The molecule has 0 saturated heterocycles. The fourth-order valence-electron chi connectivity index (χ4n) is 1.59. The molecule has 0 aliphatic rings. The molecule has 2 nitrogen and oxygen atoms in total. The molecule has 0 spiro atoms. The first-order valence-corrected chi connectivity index (χ1v) is 5.88. The summed E-state index contributed by atoms with van der Waals surface area (Å²) in [4.78, 5) is 12.1. The number of nitriles is 1. The fraction of sp³-hybridized carbons (Fsp3) is 0.286. The zero-order chi connectivity index (χ0) is 12.8. The van der Waals surface area contributed by atoms with Gasteiger partial charge < -0.3 is 0 Å². The van der Waals surface area contributed by atoms with Gasteiger partial charge in [0.05, 0.1) is 5.57 Å². The SMILES string of the molecule is CCC/C(C)=C(/C#N)C(=O)c1ccc(Cl)cc1. The minimum atomic E-state index is -0.227. The number of hydrogen-bond acceptors (Lipinski definition) is 2. The van der Waals surface area contributed by atoms with E-state index in [1.165, 1.54) is 0 Å². The molecular formula is C14H14ClNO. The molecule has 88 valence electrons. The van der Waals surface area contributed by atoms with E-state index in [4.69, 9.17) is 16.9 Å². The van der Waals surface area contributed by atoms with Crippen molar-refractivity contribution in [2.45, 2.75) is 26.7 Å². The van der Waals surface area contributed by atoms with Crippen LogP contribution in [0.2, 0.25) is 5.02 Å². The number of carbonyl (C=O) groups is 1. The maximum Gasteiger partial charge on any atom is 0.203 e. The standard InChI is InChI=1S/C14H14ClNO/c1-3-4-10(2)13(9-16)14(17)11-5-7-12(15)8-6-11/h5-8H,3-4H2,1-2H3/b13-10-. The molecule has 1 aromatic carbocycles. The Labute approximate surface area is 107 Å². The van der Waals surface area contributed by atoms with Crippen molar-refractivity contribution in [3.8, 4) is 6.07 Å². The molecule has 0 atom stereocenters. The summed E-state index contributed by atoms with van der Waals surface area (Å²) < 4.78 is 0. The van der Waals surface area contributed by atoms with Crippen LogP contribution in [0, 0.1) is 11.3 Å². The highest BCUT2D eigenvalue weighted by molar-refractivity contribution is 6.30. The van der Waals surface area contributed by atoms with Crippen LogP contribution in [0.25, 0.3) is 0 Å². The van der Waals surface area contributed by atoms with Gasteiger partial charge in [0.2, 0.25) is 5.78 Å². The Kier molecular flexibility index (Phi) is 4.93. The summed E-state index contributed by atoms with van der Waals surface area (Å²) in [6, 6.07) is 8.58. The van der Waals surface area contributed by atoms with Gasteiger partial charge in [-0.1, -0.05) is 30.5 Å². The Bertz CT molecular complexity index is 480. The minimum absolute atomic E-state index is 0.227. The lowest BCUT2D eigenvalue weighted by Gasteiger charge is -2.04. The first-order valence-electron chi connectivity index (χ1n) is 5.50. The third-order valence-electron chi connectivity index (χ3n) is 2.50. The van der Waals surface area contributed by atoms with Crippen LogP contribution in [-0.2, 0) is 0 Å². The molecule has 1 rings (SSSR count). The fourth-order valence-corrected chi connectivity index (χ4v) is 1.71. The number of benzene rings is 1. The van der Waals surface area contributed by atoms with Crippen LogP contribution in [0.3, 0.4) is 0 Å². The lowest BCUT2D eigenvalue weighted by molar-refractivity contribution is 0.103. The van der Waals surface area contributed by atoms with Crippen LogP contribution in [0.1, 0.15) is 37.0 Å². The summed E-state index contributed by atoms with van der Waals surface area (Å²) >= 11 is 5.75. The van der Waals surface area contributed by atoms with Gasteiger partial charge in [-0.25, -0.2) is 0 Å². The smallest absolute Gasteiger partial charge is 0.203 e. The highest BCUT2D eigenvalue weighted by Gasteiger charge is 2.14. The topological polar surface area (TPSA) is 40.9 Å². The van der Waals surface area contributed by atoms with Gasteiger partial charge in [-0.2, -0.15) is 5.26 Å². The summed E-state index contributed by atoms with van der Waals surface area (Å²) in [5.41, 5.74) is 1.59. The van der Waals surface area contributed by atoms with Gasteiger partial charge >= 0.3 is 0 Å². The molecule has 0 unspecified atom stereocenters. The maximum atomic E-state index is 12.1. The zero-order valence-electron chi connectivity index (χ0n) is 9.96. The summed E-state index contributed by atoms with van der Waals surface area (Å²) in [6.45, 7) is 3.85. The first-order chi connectivity index (χ1) is 8.10. The van der Waals surface area contributed by atoms with E-state index in [1.807, 2.05) is 19.9 Å². The Morgan fingerprint density at radius 2 is 1.94 bits per heavy atom. The highest BCUT2D eigenvalue weighted by atomic mass is 35.5. The van der Waals surface area contributed by atoms with Crippen molar-refractivity contribution in [2.75, 3.05) is 0 Å². The maximum absolute atomic E-state index is 12.1. The Morgan fingerprint density at radius 3 is 2.41 bits per heavy atom. The number of carbonyl (C=O) groups excluding carboxylic acids is 1. The van der Waals surface area contributed by atoms with Crippen molar-refractivity contribution in [1.29, 1.82) is 5.26 Å². The van der Waals surface area contributed by atoms with Crippen molar-refractivity contribution < 1.29 is 4.79 Å². The molecule has 0 aliphatic heterocycles. The number of ketones is 1. The Hall–Kier alpha value is -1.59. The second-order valence-corrected chi connectivity index (χ2v) is 4.29. The first kappa shape index (κ1) is 13.5. The van der Waals surface area contributed by atoms with Crippen LogP contribution in [-0.4, -0.2) is 5.78 Å². The van der Waals surface area contributed by atoms with Gasteiger partial charge in [-0.15, -0.1) is 0 Å². The third-order valence-corrected chi connectivity index (χ3v) is 2.75. The molecule has 0 heterocycles. The molecule has 3 heteroatoms. The number of halogens is 1. The number of hydrogen-bond donors (Lipinski definition) is 0. The summed E-state index contributed by atoms with van der Waals surface area (Å²) in [5, 5.41) is 9.63. The van der Waals surface area contributed by atoms with E-state index in [1.54, 1.807) is 24.3 Å². The van der Waals surface area contributed by atoms with Gasteiger partial charge in [0.25, 0.3) is 0 Å². The van der Waals surface area contributed by atoms with Gasteiger partial charge in [0, 0.05) is 10.6 Å². The normalized spacial score (nSPS) is 11.6. The van der Waals surface area contributed by atoms with Crippen molar-refractivity contribution in [1.82, 2.24) is 0 Å². The number of allylic oxidation sites excluding steroid dienone is 2. The lowest BCUT2D eigenvalue weighted by Crippen LogP contribution is -2.04. The molecule has 0 fully saturated rings. The lowest BCUT2D eigenvalue weighted by atomic mass is 9.98. The van der Waals surface area contributed by atoms with Crippen LogP contribution in [0.15, 0.2) is 35.4 Å². The summed E-state index contributed by atoms with van der Waals surface area (Å²) in [7, 11) is 0. The minimum Gasteiger partial charge on any atom is -0.288 e. The van der Waals surface area contributed by atoms with Gasteiger partial charge in [-0.3, -0.25) is 4.79 Å². The molecule has 0 radical (unpaired) electrons. The molecule has 0 aromatic heterocycles. The van der Waals surface area contributed by atoms with Crippen LogP contribution >= 0.6 is 11.6 Å². The number of nitrogens with zero attached hydrogens (tertiary/aromatic N) is 1. The van der Waals surface area contributed by atoms with Crippen LogP contribution < -0.4 is 0 Å². The zero-order valence-corrected chi connectivity index (χ0v) is 10.7. The quantitative estimate of drug-likeness (QED) is 0.455. The Morgan fingerprint density at radius 1 is 1.35 bits per heavy atom. The van der Waals surface area contributed by atoms with E-state index in [0.717, 1.165) is 18.4 Å². The van der Waals surface area contributed by atoms with Crippen molar-refractivity contribution >= 4 is 17.4 Å². The molecule has 0 aliphatic carbocycles. The van der Waals surface area contributed by atoms with Crippen molar-refractivity contribution in [3.63, 3.8) is 0 Å². The third kappa shape index (κ3) is 3.44. The Balaban J connectivity index is 3.07. The number of Topliss-reactive ketones (excluding diaryl/α,β-unsaturated/α-hetero) is 1. The second kappa shape index (κ2) is 6.22. The molecule has 0 amide bonds. The largest absolute Gasteiger partial charge is 0.288 e. The molecule has 0 bridgehead atoms. The molecular weight excluding hydrogens is 234 g/mol. The number of rotatable bonds is 4.